The zero-order chi connectivity index (χ0) is 15.5. The summed E-state index contributed by atoms with van der Waals surface area (Å²) in [6, 6.07) is 15.5. The molecule has 0 spiro atoms. The van der Waals surface area contributed by atoms with Crippen LogP contribution in [0, 0.1) is 11.7 Å². The second-order valence-corrected chi connectivity index (χ2v) is 5.59. The summed E-state index contributed by atoms with van der Waals surface area (Å²) < 4.78 is 2.02. The Morgan fingerprint density at radius 2 is 1.91 bits per heavy atom. The molecule has 3 aromatic rings. The average molecular weight is 329 g/mol. The van der Waals surface area contributed by atoms with Gasteiger partial charge in [0.15, 0.2) is 5.82 Å². The molecule has 0 aliphatic carbocycles. The van der Waals surface area contributed by atoms with Gasteiger partial charge < -0.3 is 0 Å². The van der Waals surface area contributed by atoms with E-state index in [2.05, 4.69) is 15.3 Å². The first-order chi connectivity index (χ1) is 10.6. The van der Waals surface area contributed by atoms with Gasteiger partial charge in [0.25, 0.3) is 0 Å². The molecule has 6 heteroatoms. The molecule has 0 bridgehead atoms. The third-order valence-corrected chi connectivity index (χ3v) is 3.79. The number of aryl methyl sites for hydroxylation is 1. The van der Waals surface area contributed by atoms with Crippen LogP contribution in [0.15, 0.2) is 53.6 Å². The SMILES string of the molecule is Cc1ccc(-c2n[nH]c(=S)n2/N=C\c2ccccc2Cl)cc1. The molecule has 0 unspecified atom stereocenters. The molecule has 0 aliphatic rings. The van der Waals surface area contributed by atoms with E-state index in [-0.39, 0.29) is 0 Å². The minimum atomic E-state index is 0.430. The van der Waals surface area contributed by atoms with Crippen LogP contribution >= 0.6 is 23.8 Å². The highest BCUT2D eigenvalue weighted by Crippen LogP contribution is 2.18. The van der Waals surface area contributed by atoms with Gasteiger partial charge in [-0.1, -0.05) is 59.6 Å². The molecule has 3 rings (SSSR count). The molecular formula is C16H13ClN4S. The molecule has 1 aromatic heterocycles. The van der Waals surface area contributed by atoms with E-state index in [1.54, 1.807) is 10.9 Å². The van der Waals surface area contributed by atoms with Gasteiger partial charge in [-0.3, -0.25) is 0 Å². The van der Waals surface area contributed by atoms with E-state index in [0.29, 0.717) is 15.6 Å². The van der Waals surface area contributed by atoms with Crippen LogP contribution in [0.3, 0.4) is 0 Å². The number of benzene rings is 2. The molecule has 0 fully saturated rings. The molecule has 0 saturated carbocycles. The number of halogens is 1. The number of H-pyrrole nitrogens is 1. The van der Waals surface area contributed by atoms with Gasteiger partial charge in [-0.15, -0.1) is 0 Å². The second kappa shape index (κ2) is 6.25. The van der Waals surface area contributed by atoms with Crippen molar-refractivity contribution in [3.05, 3.63) is 69.5 Å². The molecular weight excluding hydrogens is 316 g/mol. The summed E-state index contributed by atoms with van der Waals surface area (Å²) in [5.41, 5.74) is 2.94. The lowest BCUT2D eigenvalue weighted by Gasteiger charge is -2.02. The van der Waals surface area contributed by atoms with Crippen LogP contribution in [0.5, 0.6) is 0 Å². The van der Waals surface area contributed by atoms with Crippen molar-refractivity contribution >= 4 is 30.0 Å². The number of hydrogen-bond acceptors (Lipinski definition) is 3. The molecule has 0 aliphatic heterocycles. The minimum Gasteiger partial charge on any atom is -0.250 e. The molecule has 1 heterocycles. The fraction of sp³-hybridized carbons (Fsp3) is 0.0625. The van der Waals surface area contributed by atoms with Crippen LogP contribution in [-0.2, 0) is 0 Å². The van der Waals surface area contributed by atoms with Gasteiger partial charge in [0.2, 0.25) is 4.77 Å². The molecule has 0 amide bonds. The van der Waals surface area contributed by atoms with Crippen molar-refractivity contribution in [2.45, 2.75) is 6.92 Å². The topological polar surface area (TPSA) is 46.0 Å². The van der Waals surface area contributed by atoms with Crippen molar-refractivity contribution in [2.75, 3.05) is 0 Å². The quantitative estimate of drug-likeness (QED) is 0.570. The van der Waals surface area contributed by atoms with Gasteiger partial charge in [0.05, 0.1) is 6.21 Å². The van der Waals surface area contributed by atoms with Gasteiger partial charge in [0, 0.05) is 16.1 Å². The monoisotopic (exact) mass is 328 g/mol. The van der Waals surface area contributed by atoms with E-state index in [1.807, 2.05) is 55.5 Å². The lowest BCUT2D eigenvalue weighted by molar-refractivity contribution is 0.871. The Bertz CT molecular complexity index is 878. The van der Waals surface area contributed by atoms with E-state index in [9.17, 15) is 0 Å². The van der Waals surface area contributed by atoms with Crippen LogP contribution in [-0.4, -0.2) is 21.1 Å². The molecule has 0 saturated heterocycles. The van der Waals surface area contributed by atoms with E-state index in [1.165, 1.54) is 5.56 Å². The summed E-state index contributed by atoms with van der Waals surface area (Å²) in [5.74, 6) is 0.660. The van der Waals surface area contributed by atoms with Crippen molar-refractivity contribution in [1.29, 1.82) is 0 Å². The van der Waals surface area contributed by atoms with Gasteiger partial charge in [0.1, 0.15) is 0 Å². The first-order valence-electron chi connectivity index (χ1n) is 6.68. The molecule has 4 nitrogen and oxygen atoms in total. The Kier molecular flexibility index (Phi) is 4.18. The maximum atomic E-state index is 6.13. The lowest BCUT2D eigenvalue weighted by Crippen LogP contribution is -1.95. The van der Waals surface area contributed by atoms with E-state index >= 15 is 0 Å². The number of aromatic nitrogens is 3. The zero-order valence-electron chi connectivity index (χ0n) is 11.8. The summed E-state index contributed by atoms with van der Waals surface area (Å²) in [4.78, 5) is 0. The molecule has 0 radical (unpaired) electrons. The first kappa shape index (κ1) is 14.7. The van der Waals surface area contributed by atoms with Crippen molar-refractivity contribution in [1.82, 2.24) is 14.9 Å². The van der Waals surface area contributed by atoms with E-state index in [0.717, 1.165) is 11.1 Å². The summed E-state index contributed by atoms with van der Waals surface area (Å²) in [6.45, 7) is 2.04. The Morgan fingerprint density at radius 1 is 1.18 bits per heavy atom. The smallest absolute Gasteiger partial charge is 0.216 e. The standard InChI is InChI=1S/C16H13ClN4S/c1-11-6-8-12(9-7-11)15-19-20-16(22)21(15)18-10-13-4-2-3-5-14(13)17/h2-10H,1H3,(H,20,22)/b18-10-. The van der Waals surface area contributed by atoms with Crippen molar-refractivity contribution in [2.24, 2.45) is 5.10 Å². The zero-order valence-corrected chi connectivity index (χ0v) is 13.4. The fourth-order valence-corrected chi connectivity index (χ4v) is 2.35. The normalized spacial score (nSPS) is 11.2. The summed E-state index contributed by atoms with van der Waals surface area (Å²) >= 11 is 11.4. The van der Waals surface area contributed by atoms with Gasteiger partial charge in [-0.2, -0.15) is 14.9 Å². The van der Waals surface area contributed by atoms with Crippen LogP contribution in [0.2, 0.25) is 5.02 Å². The van der Waals surface area contributed by atoms with E-state index < -0.39 is 0 Å². The van der Waals surface area contributed by atoms with Crippen LogP contribution < -0.4 is 0 Å². The molecule has 2 aromatic carbocycles. The third-order valence-electron chi connectivity index (χ3n) is 3.18. The predicted octanol–water partition coefficient (Wildman–Crippen LogP) is 4.45. The van der Waals surface area contributed by atoms with Crippen molar-refractivity contribution in [3.8, 4) is 11.4 Å². The van der Waals surface area contributed by atoms with E-state index in [4.69, 9.17) is 23.8 Å². The Morgan fingerprint density at radius 3 is 2.64 bits per heavy atom. The molecule has 22 heavy (non-hydrogen) atoms. The number of nitrogens with one attached hydrogen (secondary N) is 1. The van der Waals surface area contributed by atoms with Crippen molar-refractivity contribution in [3.63, 3.8) is 0 Å². The summed E-state index contributed by atoms with van der Waals surface area (Å²) in [5, 5.41) is 12.1. The second-order valence-electron chi connectivity index (χ2n) is 4.80. The first-order valence-corrected chi connectivity index (χ1v) is 7.47. The van der Waals surface area contributed by atoms with Gasteiger partial charge >= 0.3 is 0 Å². The lowest BCUT2D eigenvalue weighted by atomic mass is 10.1. The summed E-state index contributed by atoms with van der Waals surface area (Å²) in [7, 11) is 0. The van der Waals surface area contributed by atoms with Gasteiger partial charge in [-0.25, -0.2) is 5.10 Å². The minimum absolute atomic E-state index is 0.430. The molecule has 0 atom stereocenters. The Hall–Kier alpha value is -2.24. The van der Waals surface area contributed by atoms with Crippen LogP contribution in [0.1, 0.15) is 11.1 Å². The number of rotatable bonds is 3. The highest BCUT2D eigenvalue weighted by atomic mass is 35.5. The Balaban J connectivity index is 2.01. The molecule has 1 N–H and O–H groups in total. The highest BCUT2D eigenvalue weighted by molar-refractivity contribution is 7.71. The average Bonchev–Trinajstić information content (AvgIpc) is 2.88. The Labute approximate surface area is 138 Å². The maximum absolute atomic E-state index is 6.13. The third kappa shape index (κ3) is 3.00. The molecule has 110 valence electrons. The largest absolute Gasteiger partial charge is 0.250 e. The van der Waals surface area contributed by atoms with Gasteiger partial charge in [-0.05, 0) is 25.2 Å². The predicted molar refractivity (Wildman–Crippen MR) is 92.0 cm³/mol. The van der Waals surface area contributed by atoms with Crippen LogP contribution in [0.4, 0.5) is 0 Å². The number of nitrogens with zero attached hydrogens (tertiary/aromatic N) is 3. The number of hydrogen-bond donors (Lipinski definition) is 1. The fourth-order valence-electron chi connectivity index (χ4n) is 1.99. The highest BCUT2D eigenvalue weighted by Gasteiger charge is 2.07. The maximum Gasteiger partial charge on any atom is 0.216 e. The van der Waals surface area contributed by atoms with Crippen molar-refractivity contribution < 1.29 is 0 Å². The number of aromatic amines is 1. The summed E-state index contributed by atoms with van der Waals surface area (Å²) in [6.07, 6.45) is 1.67. The van der Waals surface area contributed by atoms with Crippen LogP contribution in [0.25, 0.3) is 11.4 Å².